The predicted octanol–water partition coefficient (Wildman–Crippen LogP) is 0.409. The highest BCUT2D eigenvalue weighted by Gasteiger charge is 2.36. The third-order valence-electron chi connectivity index (χ3n) is 3.41. The minimum absolute atomic E-state index is 0. The molecule has 1 heterocycles. The molecule has 1 aliphatic carbocycles. The highest BCUT2D eigenvalue weighted by atomic mass is 35.5. The summed E-state index contributed by atoms with van der Waals surface area (Å²) < 4.78 is 10.3. The lowest BCUT2D eigenvalue weighted by Crippen LogP contribution is -2.48. The zero-order chi connectivity index (χ0) is 12.3. The molecule has 1 aliphatic heterocycles. The van der Waals surface area contributed by atoms with Crippen molar-refractivity contribution < 1.29 is 14.3 Å². The van der Waals surface area contributed by atoms with Crippen LogP contribution in [0.4, 0.5) is 0 Å². The topological polar surface area (TPSA) is 64.8 Å². The minimum Gasteiger partial charge on any atom is -0.383 e. The zero-order valence-corrected chi connectivity index (χ0v) is 11.7. The maximum absolute atomic E-state index is 12.2. The molecule has 2 aliphatic rings. The highest BCUT2D eigenvalue weighted by molar-refractivity contribution is 5.85. The minimum atomic E-state index is -0.525. The first kappa shape index (κ1) is 15.7. The van der Waals surface area contributed by atoms with Crippen LogP contribution in [0.5, 0.6) is 0 Å². The van der Waals surface area contributed by atoms with Crippen molar-refractivity contribution >= 4 is 18.3 Å². The quantitative estimate of drug-likeness (QED) is 0.764. The predicted molar refractivity (Wildman–Crippen MR) is 70.8 cm³/mol. The second kappa shape index (κ2) is 7.28. The number of amides is 1. The highest BCUT2D eigenvalue weighted by Crippen LogP contribution is 2.29. The molecule has 1 saturated heterocycles. The Morgan fingerprint density at radius 2 is 2.22 bits per heavy atom. The van der Waals surface area contributed by atoms with Gasteiger partial charge in [0, 0.05) is 32.2 Å². The Morgan fingerprint density at radius 3 is 2.72 bits per heavy atom. The van der Waals surface area contributed by atoms with E-state index in [0.717, 1.165) is 39.0 Å². The molecule has 2 N–H and O–H groups in total. The molecule has 0 spiro atoms. The summed E-state index contributed by atoms with van der Waals surface area (Å²) >= 11 is 0. The molecule has 1 amide bonds. The fraction of sp³-hybridized carbons (Fsp3) is 0.917. The van der Waals surface area contributed by atoms with Crippen LogP contribution in [0.15, 0.2) is 0 Å². The summed E-state index contributed by atoms with van der Waals surface area (Å²) in [6.45, 7) is 2.68. The number of carbonyl (C=O) groups excluding carboxylic acids is 1. The number of ether oxygens (including phenoxy) is 2. The van der Waals surface area contributed by atoms with E-state index in [0.29, 0.717) is 18.6 Å². The van der Waals surface area contributed by atoms with Crippen LogP contribution in [-0.4, -0.2) is 56.4 Å². The summed E-state index contributed by atoms with van der Waals surface area (Å²) in [6, 6.07) is -0.117. The average molecular weight is 279 g/mol. The van der Waals surface area contributed by atoms with E-state index in [9.17, 15) is 4.79 Å². The van der Waals surface area contributed by atoms with Gasteiger partial charge in [0.05, 0.1) is 13.2 Å². The van der Waals surface area contributed by atoms with Gasteiger partial charge in [-0.25, -0.2) is 0 Å². The molecule has 0 bridgehead atoms. The molecule has 0 radical (unpaired) electrons. The number of halogens is 1. The molecule has 18 heavy (non-hydrogen) atoms. The van der Waals surface area contributed by atoms with Gasteiger partial charge >= 0.3 is 0 Å². The van der Waals surface area contributed by atoms with Crippen molar-refractivity contribution in [2.45, 2.75) is 31.3 Å². The van der Waals surface area contributed by atoms with Crippen LogP contribution in [-0.2, 0) is 14.3 Å². The largest absolute Gasteiger partial charge is 0.383 e. The molecule has 6 heteroatoms. The van der Waals surface area contributed by atoms with E-state index >= 15 is 0 Å². The number of carbonyl (C=O) groups is 1. The Morgan fingerprint density at radius 1 is 1.50 bits per heavy atom. The van der Waals surface area contributed by atoms with Crippen LogP contribution in [0.3, 0.4) is 0 Å². The van der Waals surface area contributed by atoms with Gasteiger partial charge in [-0.2, -0.15) is 0 Å². The Balaban J connectivity index is 0.00000162. The zero-order valence-electron chi connectivity index (χ0n) is 10.8. The number of nitrogens with zero attached hydrogens (tertiary/aromatic N) is 1. The van der Waals surface area contributed by atoms with E-state index in [1.165, 1.54) is 0 Å². The van der Waals surface area contributed by atoms with Crippen LogP contribution in [0, 0.1) is 5.92 Å². The van der Waals surface area contributed by atoms with Gasteiger partial charge in [0.15, 0.2) is 0 Å². The first-order chi connectivity index (χ1) is 8.22. The number of methoxy groups -OCH3 is 1. The number of hydrogen-bond donors (Lipinski definition) is 1. The SMILES string of the molecule is COCC(N)C(=O)N(CC1CCOC1)C1CC1.Cl. The van der Waals surface area contributed by atoms with Gasteiger partial charge in [0.2, 0.25) is 5.91 Å². The molecule has 1 saturated carbocycles. The van der Waals surface area contributed by atoms with Crippen LogP contribution >= 0.6 is 12.4 Å². The maximum atomic E-state index is 12.2. The second-order valence-electron chi connectivity index (χ2n) is 5.01. The van der Waals surface area contributed by atoms with E-state index in [-0.39, 0.29) is 18.3 Å². The first-order valence-electron chi connectivity index (χ1n) is 6.35. The monoisotopic (exact) mass is 278 g/mol. The Labute approximate surface area is 114 Å². The van der Waals surface area contributed by atoms with Crippen LogP contribution in [0.25, 0.3) is 0 Å². The van der Waals surface area contributed by atoms with E-state index in [1.807, 2.05) is 4.90 Å². The van der Waals surface area contributed by atoms with Crippen molar-refractivity contribution in [3.8, 4) is 0 Å². The van der Waals surface area contributed by atoms with Crippen molar-refractivity contribution in [2.75, 3.05) is 33.5 Å². The molecule has 2 unspecified atom stereocenters. The second-order valence-corrected chi connectivity index (χ2v) is 5.01. The third kappa shape index (κ3) is 4.09. The van der Waals surface area contributed by atoms with Crippen molar-refractivity contribution in [1.29, 1.82) is 0 Å². The van der Waals surface area contributed by atoms with E-state index in [1.54, 1.807) is 7.11 Å². The summed E-state index contributed by atoms with van der Waals surface area (Å²) in [5, 5.41) is 0. The molecule has 106 valence electrons. The van der Waals surface area contributed by atoms with Crippen LogP contribution < -0.4 is 5.73 Å². The van der Waals surface area contributed by atoms with E-state index in [2.05, 4.69) is 0 Å². The lowest BCUT2D eigenvalue weighted by molar-refractivity contribution is -0.135. The van der Waals surface area contributed by atoms with Crippen LogP contribution in [0.1, 0.15) is 19.3 Å². The molecule has 5 nitrogen and oxygen atoms in total. The number of rotatable bonds is 6. The standard InChI is InChI=1S/C12H22N2O3.ClH/c1-16-8-11(13)12(15)14(10-2-3-10)6-9-4-5-17-7-9;/h9-11H,2-8,13H2,1H3;1H. The Hall–Kier alpha value is -0.360. The molecule has 0 aromatic rings. The fourth-order valence-corrected chi connectivity index (χ4v) is 2.27. The number of nitrogens with two attached hydrogens (primary N) is 1. The van der Waals surface area contributed by atoms with Gasteiger partial charge in [-0.05, 0) is 19.3 Å². The van der Waals surface area contributed by atoms with Crippen molar-refractivity contribution in [2.24, 2.45) is 11.7 Å². The molecular weight excluding hydrogens is 256 g/mol. The lowest BCUT2D eigenvalue weighted by atomic mass is 10.1. The van der Waals surface area contributed by atoms with Crippen molar-refractivity contribution in [3.05, 3.63) is 0 Å². The summed E-state index contributed by atoms with van der Waals surface area (Å²) in [5.74, 6) is 0.510. The molecule has 2 atom stereocenters. The van der Waals surface area contributed by atoms with E-state index < -0.39 is 6.04 Å². The fourth-order valence-electron chi connectivity index (χ4n) is 2.27. The number of hydrogen-bond acceptors (Lipinski definition) is 4. The molecule has 0 aromatic heterocycles. The van der Waals surface area contributed by atoms with Gasteiger partial charge < -0.3 is 20.1 Å². The summed E-state index contributed by atoms with van der Waals surface area (Å²) in [4.78, 5) is 14.1. The maximum Gasteiger partial charge on any atom is 0.242 e. The summed E-state index contributed by atoms with van der Waals surface area (Å²) in [5.41, 5.74) is 5.82. The molecular formula is C12H23ClN2O3. The lowest BCUT2D eigenvalue weighted by Gasteiger charge is -2.27. The molecule has 0 aromatic carbocycles. The summed E-state index contributed by atoms with van der Waals surface area (Å²) in [7, 11) is 1.57. The van der Waals surface area contributed by atoms with Gasteiger partial charge in [-0.1, -0.05) is 0 Å². The van der Waals surface area contributed by atoms with Crippen molar-refractivity contribution in [3.63, 3.8) is 0 Å². The van der Waals surface area contributed by atoms with Gasteiger partial charge in [0.1, 0.15) is 6.04 Å². The third-order valence-corrected chi connectivity index (χ3v) is 3.41. The van der Waals surface area contributed by atoms with Gasteiger partial charge in [-0.15, -0.1) is 12.4 Å². The molecule has 2 rings (SSSR count). The van der Waals surface area contributed by atoms with Crippen molar-refractivity contribution in [1.82, 2.24) is 4.90 Å². The van der Waals surface area contributed by atoms with Crippen LogP contribution in [0.2, 0.25) is 0 Å². The smallest absolute Gasteiger partial charge is 0.242 e. The molecule has 2 fully saturated rings. The Bertz CT molecular complexity index is 268. The van der Waals surface area contributed by atoms with Gasteiger partial charge in [-0.3, -0.25) is 4.79 Å². The first-order valence-corrected chi connectivity index (χ1v) is 6.35. The normalized spacial score (nSPS) is 24.4. The summed E-state index contributed by atoms with van der Waals surface area (Å²) in [6.07, 6.45) is 3.27. The Kier molecular flexibility index (Phi) is 6.35. The van der Waals surface area contributed by atoms with E-state index in [4.69, 9.17) is 15.2 Å². The van der Waals surface area contributed by atoms with Gasteiger partial charge in [0.25, 0.3) is 0 Å². The average Bonchev–Trinajstić information content (AvgIpc) is 3.03.